The summed E-state index contributed by atoms with van der Waals surface area (Å²) in [6.45, 7) is 23.3. The standard InChI is InChI=1S/C46H77FN6O12/c1-14-61-46(60)42-38(53-31(13)55)27(9)25(7)35(65-42)19-50-44(58)40-29(11)21(3)23(5)33(63-40)17-51-45(59)41-37(52-30(12)54)26(8)24(6)34(64-41)18-49-43(57)39-28(10)20(2)22(4)32(62-39)16-48-36(56)15-47/h20-29,32-35,37-42H,14-19H2,1-13H3,(H,48,56)(H,49,57)(H,50,58)(H,51,59)(H,52,54)(H,53,55)/t20-,21-,22-,23-,24-,25-,26-,27-,28+,29+,32+,33+,34+,35+,37+,38+,39+,40+,41+,42+/m0/s1. The number of hydrogen-bond acceptors (Lipinski definition) is 12. The van der Waals surface area contributed by atoms with E-state index in [1.807, 2.05) is 69.2 Å². The van der Waals surface area contributed by atoms with Gasteiger partial charge in [-0.05, 0) is 66.1 Å². The molecule has 0 spiro atoms. The lowest BCUT2D eigenvalue weighted by Gasteiger charge is -2.46. The minimum atomic E-state index is -1.15. The van der Waals surface area contributed by atoms with E-state index in [-0.39, 0.29) is 116 Å². The van der Waals surface area contributed by atoms with E-state index in [1.165, 1.54) is 13.8 Å². The van der Waals surface area contributed by atoms with Crippen LogP contribution in [0.3, 0.4) is 0 Å². The van der Waals surface area contributed by atoms with Crippen molar-refractivity contribution in [2.75, 3.05) is 39.5 Å². The van der Waals surface area contributed by atoms with Gasteiger partial charge >= 0.3 is 5.97 Å². The lowest BCUT2D eigenvalue weighted by atomic mass is 9.76. The zero-order chi connectivity index (χ0) is 48.6. The summed E-state index contributed by atoms with van der Waals surface area (Å²) in [7, 11) is 0. The van der Waals surface area contributed by atoms with Crippen LogP contribution in [-0.2, 0) is 57.2 Å². The van der Waals surface area contributed by atoms with Crippen LogP contribution in [0.5, 0.6) is 0 Å². The Kier molecular flexibility index (Phi) is 19.6. The lowest BCUT2D eigenvalue weighted by molar-refractivity contribution is -0.180. The molecule has 20 atom stereocenters. The highest BCUT2D eigenvalue weighted by Gasteiger charge is 2.49. The molecular formula is C46H77FN6O12. The molecule has 4 saturated heterocycles. The van der Waals surface area contributed by atoms with E-state index >= 15 is 0 Å². The van der Waals surface area contributed by atoms with E-state index in [9.17, 15) is 38.0 Å². The SMILES string of the molecule is CCOC(=O)[C@@H]1O[C@H](CNC(=O)[C@@H]2O[C@H](CNC(=O)[C@@H]3O[C@H](CNC(=O)[C@@H]4O[C@H](CNC(=O)CF)[C@@H](C)[C@H](C)[C@H]4C)[C@@H](C)[C@H](C)[C@H]3NC(C)=O)[C@@H](C)[C@H](C)[C@H]2C)[C@@H](C)[C@H](C)[C@H]1NC(C)=O. The zero-order valence-corrected chi connectivity index (χ0v) is 40.6. The second kappa shape index (κ2) is 23.7. The number of hydrogen-bond donors (Lipinski definition) is 6. The van der Waals surface area contributed by atoms with Crippen LogP contribution in [0.4, 0.5) is 4.39 Å². The van der Waals surface area contributed by atoms with E-state index in [0.29, 0.717) is 0 Å². The third-order valence-electron chi connectivity index (χ3n) is 15.4. The number of nitrogens with one attached hydrogen (secondary N) is 6. The van der Waals surface area contributed by atoms with Crippen molar-refractivity contribution < 1.29 is 61.6 Å². The van der Waals surface area contributed by atoms with Crippen LogP contribution in [0.15, 0.2) is 0 Å². The minimum Gasteiger partial charge on any atom is -0.464 e. The average molecular weight is 925 g/mol. The Morgan fingerprint density at radius 1 is 0.446 bits per heavy atom. The summed E-state index contributed by atoms with van der Waals surface area (Å²) in [6.07, 6.45) is -6.14. The third kappa shape index (κ3) is 12.9. The first-order chi connectivity index (χ1) is 30.5. The molecule has 4 aliphatic heterocycles. The second-order valence-corrected chi connectivity index (χ2v) is 19.3. The molecule has 0 aromatic rings. The van der Waals surface area contributed by atoms with Gasteiger partial charge in [-0.2, -0.15) is 0 Å². The number of ether oxygens (including phenoxy) is 5. The van der Waals surface area contributed by atoms with Gasteiger partial charge in [0.05, 0.1) is 43.1 Å². The van der Waals surface area contributed by atoms with Gasteiger partial charge in [0.25, 0.3) is 11.8 Å². The van der Waals surface area contributed by atoms with Gasteiger partial charge in [-0.3, -0.25) is 28.8 Å². The Bertz CT molecular complexity index is 1690. The number of alkyl halides is 1. The summed E-state index contributed by atoms with van der Waals surface area (Å²) < 4.78 is 43.4. The summed E-state index contributed by atoms with van der Waals surface area (Å²) in [5, 5.41) is 17.2. The minimum absolute atomic E-state index is 0.00600. The molecule has 65 heavy (non-hydrogen) atoms. The molecule has 19 heteroatoms. The van der Waals surface area contributed by atoms with Gasteiger partial charge in [-0.1, -0.05) is 69.2 Å². The summed E-state index contributed by atoms with van der Waals surface area (Å²) in [4.78, 5) is 90.7. The van der Waals surface area contributed by atoms with Crippen molar-refractivity contribution in [3.8, 4) is 0 Å². The largest absolute Gasteiger partial charge is 0.464 e. The maximum absolute atomic E-state index is 14.1. The Morgan fingerprint density at radius 3 is 1.14 bits per heavy atom. The highest BCUT2D eigenvalue weighted by atomic mass is 19.1. The van der Waals surface area contributed by atoms with Crippen LogP contribution < -0.4 is 31.9 Å². The lowest BCUT2D eigenvalue weighted by Crippen LogP contribution is -2.63. The predicted octanol–water partition coefficient (Wildman–Crippen LogP) is 1.42. The topological polar surface area (TPSA) is 238 Å². The van der Waals surface area contributed by atoms with Crippen molar-refractivity contribution >= 4 is 41.4 Å². The van der Waals surface area contributed by atoms with Crippen molar-refractivity contribution in [2.45, 2.75) is 151 Å². The average Bonchev–Trinajstić information content (AvgIpc) is 3.26. The van der Waals surface area contributed by atoms with E-state index < -0.39 is 85.4 Å². The van der Waals surface area contributed by atoms with E-state index in [1.54, 1.807) is 6.92 Å². The van der Waals surface area contributed by atoms with Crippen molar-refractivity contribution in [2.24, 2.45) is 59.2 Å². The maximum Gasteiger partial charge on any atom is 0.337 e. The molecule has 6 N–H and O–H groups in total. The van der Waals surface area contributed by atoms with Crippen LogP contribution in [0.2, 0.25) is 0 Å². The van der Waals surface area contributed by atoms with Gasteiger partial charge in [0, 0.05) is 40.0 Å². The Balaban J connectivity index is 1.41. The van der Waals surface area contributed by atoms with E-state index in [0.717, 1.165) is 0 Å². The molecule has 370 valence electrons. The first kappa shape index (κ1) is 53.7. The molecule has 18 nitrogen and oxygen atoms in total. The van der Waals surface area contributed by atoms with Crippen LogP contribution in [0, 0.1) is 59.2 Å². The fourth-order valence-electron chi connectivity index (χ4n) is 9.97. The molecule has 0 saturated carbocycles. The van der Waals surface area contributed by atoms with Gasteiger partial charge in [0.15, 0.2) is 18.9 Å². The maximum atomic E-state index is 14.1. The van der Waals surface area contributed by atoms with Crippen molar-refractivity contribution in [3.63, 3.8) is 0 Å². The molecule has 4 fully saturated rings. The Hall–Kier alpha value is -3.94. The van der Waals surface area contributed by atoms with Crippen molar-refractivity contribution in [1.29, 1.82) is 0 Å². The number of carbonyl (C=O) groups is 7. The van der Waals surface area contributed by atoms with E-state index in [4.69, 9.17) is 23.7 Å². The molecule has 6 amide bonds. The van der Waals surface area contributed by atoms with Gasteiger partial charge in [0.2, 0.25) is 23.6 Å². The number of rotatable bonds is 16. The van der Waals surface area contributed by atoms with Crippen molar-refractivity contribution in [1.82, 2.24) is 31.9 Å². The number of carbonyl (C=O) groups excluding carboxylic acids is 7. The number of esters is 1. The molecule has 0 unspecified atom stereocenters. The molecule has 4 aliphatic rings. The normalized spacial score (nSPS) is 39.5. The fourth-order valence-corrected chi connectivity index (χ4v) is 9.97. The first-order valence-electron chi connectivity index (χ1n) is 23.5. The molecule has 4 heterocycles. The van der Waals surface area contributed by atoms with E-state index in [2.05, 4.69) is 31.9 Å². The molecule has 0 aromatic carbocycles. The van der Waals surface area contributed by atoms with Gasteiger partial charge < -0.3 is 55.6 Å². The van der Waals surface area contributed by atoms with Gasteiger partial charge in [-0.15, -0.1) is 0 Å². The summed E-state index contributed by atoms with van der Waals surface area (Å²) in [5.41, 5.74) is 0. The van der Waals surface area contributed by atoms with Crippen LogP contribution in [0.1, 0.15) is 90.0 Å². The Morgan fingerprint density at radius 2 is 0.769 bits per heavy atom. The molecule has 0 bridgehead atoms. The predicted molar refractivity (Wildman–Crippen MR) is 236 cm³/mol. The van der Waals surface area contributed by atoms with Crippen molar-refractivity contribution in [3.05, 3.63) is 0 Å². The number of halogens is 1. The summed E-state index contributed by atoms with van der Waals surface area (Å²) in [6, 6.07) is -1.30. The number of amides is 6. The Labute approximate surface area is 383 Å². The van der Waals surface area contributed by atoms with Crippen LogP contribution in [-0.4, -0.2) is 142 Å². The van der Waals surface area contributed by atoms with Gasteiger partial charge in [-0.25, -0.2) is 9.18 Å². The summed E-state index contributed by atoms with van der Waals surface area (Å²) in [5.74, 6) is -4.35. The molecule has 0 aliphatic carbocycles. The zero-order valence-electron chi connectivity index (χ0n) is 40.6. The molecular weight excluding hydrogens is 848 g/mol. The molecule has 4 rings (SSSR count). The molecule has 0 radical (unpaired) electrons. The first-order valence-corrected chi connectivity index (χ1v) is 23.5. The second-order valence-electron chi connectivity index (χ2n) is 19.3. The monoisotopic (exact) mass is 925 g/mol. The van der Waals surface area contributed by atoms with Crippen LogP contribution in [0.25, 0.3) is 0 Å². The highest BCUT2D eigenvalue weighted by molar-refractivity contribution is 5.84. The quantitative estimate of drug-likeness (QED) is 0.121. The third-order valence-corrected chi connectivity index (χ3v) is 15.4. The molecule has 0 aromatic heterocycles. The summed E-state index contributed by atoms with van der Waals surface area (Å²) >= 11 is 0. The fraction of sp³-hybridized carbons (Fsp3) is 0.848. The van der Waals surface area contributed by atoms with Gasteiger partial charge in [0.1, 0.15) is 12.2 Å². The smallest absolute Gasteiger partial charge is 0.337 e. The highest BCUT2D eigenvalue weighted by Crippen LogP contribution is 2.38. The van der Waals surface area contributed by atoms with Crippen LogP contribution >= 0.6 is 0 Å².